The number of carbonyl (C=O) groups is 1. The van der Waals surface area contributed by atoms with Gasteiger partial charge in [0.1, 0.15) is 5.75 Å². The third kappa shape index (κ3) is 7.11. The van der Waals surface area contributed by atoms with E-state index in [4.69, 9.17) is 16.3 Å². The number of sulfonamides is 1. The lowest BCUT2D eigenvalue weighted by molar-refractivity contribution is -0.118. The normalized spacial score (nSPS) is 11.1. The minimum absolute atomic E-state index is 0.00657. The molecule has 0 aliphatic heterocycles. The lowest BCUT2D eigenvalue weighted by Gasteiger charge is -2.13. The second-order valence-corrected chi connectivity index (χ2v) is 10.9. The Hall–Kier alpha value is -3.30. The molecule has 1 amide bonds. The quantitative estimate of drug-likeness (QED) is 0.259. The summed E-state index contributed by atoms with van der Waals surface area (Å²) in [6.45, 7) is -0.133. The lowest BCUT2D eigenvalue weighted by Crippen LogP contribution is -2.23. The largest absolute Gasteiger partial charge is 0.482 e. The van der Waals surface area contributed by atoms with Gasteiger partial charge in [0.15, 0.2) is 6.61 Å². The highest BCUT2D eigenvalue weighted by Crippen LogP contribution is 2.33. The Balaban J connectivity index is 1.35. The number of nitrogens with one attached hydrogen (secondary N) is 2. The number of para-hydroxylation sites is 1. The zero-order valence-corrected chi connectivity index (χ0v) is 21.4. The van der Waals surface area contributed by atoms with Crippen LogP contribution in [-0.2, 0) is 21.4 Å². The first kappa shape index (κ1) is 25.8. The highest BCUT2D eigenvalue weighted by molar-refractivity contribution is 7.99. The van der Waals surface area contributed by atoms with Crippen molar-refractivity contribution in [3.05, 3.63) is 114 Å². The summed E-state index contributed by atoms with van der Waals surface area (Å²) >= 11 is 7.80. The van der Waals surface area contributed by atoms with Crippen LogP contribution in [0.3, 0.4) is 0 Å². The van der Waals surface area contributed by atoms with E-state index in [1.807, 2.05) is 84.9 Å². The Morgan fingerprint density at radius 2 is 1.53 bits per heavy atom. The van der Waals surface area contributed by atoms with Gasteiger partial charge >= 0.3 is 0 Å². The Labute approximate surface area is 219 Å². The summed E-state index contributed by atoms with van der Waals surface area (Å²) in [5.74, 6) is -0.158. The van der Waals surface area contributed by atoms with Crippen molar-refractivity contribution in [3.8, 4) is 5.75 Å². The fraction of sp³-hybridized carbons (Fsp3) is 0.0741. The molecule has 9 heteroatoms. The molecule has 0 spiro atoms. The Kier molecular flexibility index (Phi) is 8.66. The summed E-state index contributed by atoms with van der Waals surface area (Å²) < 4.78 is 33.4. The number of anilines is 1. The number of rotatable bonds is 10. The Morgan fingerprint density at radius 1 is 0.861 bits per heavy atom. The van der Waals surface area contributed by atoms with Gasteiger partial charge in [0.2, 0.25) is 10.0 Å². The van der Waals surface area contributed by atoms with Crippen molar-refractivity contribution in [1.82, 2.24) is 4.72 Å². The molecule has 0 fully saturated rings. The summed E-state index contributed by atoms with van der Waals surface area (Å²) in [5, 5.41) is 2.94. The standard InChI is InChI=1S/C27H23ClN2O4S2/c28-23-17-22(36(32,33)29-18-20-9-3-1-4-10-20)15-16-25(23)34-19-27(31)30-24-13-7-8-14-26(24)35-21-11-5-2-6-12-21/h1-17,29H,18-19H2,(H,30,31). The van der Waals surface area contributed by atoms with E-state index in [1.54, 1.807) is 0 Å². The number of amides is 1. The van der Waals surface area contributed by atoms with Gasteiger partial charge in [-0.15, -0.1) is 0 Å². The zero-order chi connectivity index (χ0) is 25.4. The fourth-order valence-electron chi connectivity index (χ4n) is 3.23. The molecule has 0 aromatic heterocycles. The molecule has 0 aliphatic rings. The van der Waals surface area contributed by atoms with Crippen molar-refractivity contribution in [2.24, 2.45) is 0 Å². The average Bonchev–Trinajstić information content (AvgIpc) is 2.89. The molecule has 0 saturated carbocycles. The molecular weight excluding hydrogens is 516 g/mol. The van der Waals surface area contributed by atoms with Crippen molar-refractivity contribution in [2.45, 2.75) is 21.2 Å². The van der Waals surface area contributed by atoms with Gasteiger partial charge < -0.3 is 10.1 Å². The number of hydrogen-bond donors (Lipinski definition) is 2. The zero-order valence-electron chi connectivity index (χ0n) is 19.1. The highest BCUT2D eigenvalue weighted by atomic mass is 35.5. The van der Waals surface area contributed by atoms with Crippen LogP contribution in [0.2, 0.25) is 5.02 Å². The number of ether oxygens (including phenoxy) is 1. The van der Waals surface area contributed by atoms with E-state index >= 15 is 0 Å². The van der Waals surface area contributed by atoms with Crippen molar-refractivity contribution in [3.63, 3.8) is 0 Å². The van der Waals surface area contributed by atoms with Crippen molar-refractivity contribution >= 4 is 45.0 Å². The summed E-state index contributed by atoms with van der Waals surface area (Å²) in [6.07, 6.45) is 0. The van der Waals surface area contributed by atoms with Gasteiger partial charge in [-0.2, -0.15) is 0 Å². The van der Waals surface area contributed by atoms with Crippen LogP contribution in [-0.4, -0.2) is 20.9 Å². The maximum Gasteiger partial charge on any atom is 0.262 e. The maximum atomic E-state index is 12.6. The van der Waals surface area contributed by atoms with Crippen LogP contribution in [0.1, 0.15) is 5.56 Å². The highest BCUT2D eigenvalue weighted by Gasteiger charge is 2.17. The molecule has 0 aliphatic carbocycles. The predicted octanol–water partition coefficient (Wildman–Crippen LogP) is 5.99. The summed E-state index contributed by atoms with van der Waals surface area (Å²) in [7, 11) is -3.77. The molecule has 0 saturated heterocycles. The second kappa shape index (κ2) is 12.1. The molecule has 36 heavy (non-hydrogen) atoms. The minimum Gasteiger partial charge on any atom is -0.482 e. The summed E-state index contributed by atoms with van der Waals surface area (Å²) in [4.78, 5) is 14.5. The molecule has 6 nitrogen and oxygen atoms in total. The van der Waals surface area contributed by atoms with Gasteiger partial charge in [0.25, 0.3) is 5.91 Å². The van der Waals surface area contributed by atoms with Crippen LogP contribution >= 0.6 is 23.4 Å². The molecule has 0 heterocycles. The molecule has 0 unspecified atom stereocenters. The molecule has 4 aromatic rings. The molecular formula is C27H23ClN2O4S2. The van der Waals surface area contributed by atoms with E-state index in [0.29, 0.717) is 5.69 Å². The Bertz CT molecular complexity index is 1430. The molecule has 0 radical (unpaired) electrons. The van der Waals surface area contributed by atoms with E-state index in [9.17, 15) is 13.2 Å². The molecule has 2 N–H and O–H groups in total. The van der Waals surface area contributed by atoms with E-state index in [0.717, 1.165) is 15.4 Å². The van der Waals surface area contributed by atoms with E-state index in [1.165, 1.54) is 30.0 Å². The topological polar surface area (TPSA) is 84.5 Å². The van der Waals surface area contributed by atoms with E-state index in [-0.39, 0.29) is 34.7 Å². The molecule has 4 rings (SSSR count). The van der Waals surface area contributed by atoms with Crippen LogP contribution in [0.25, 0.3) is 0 Å². The third-order valence-corrected chi connectivity index (χ3v) is 7.79. The predicted molar refractivity (Wildman–Crippen MR) is 143 cm³/mol. The Morgan fingerprint density at radius 3 is 2.25 bits per heavy atom. The van der Waals surface area contributed by atoms with Crippen molar-refractivity contribution in [1.29, 1.82) is 0 Å². The smallest absolute Gasteiger partial charge is 0.262 e. The molecule has 0 atom stereocenters. The van der Waals surface area contributed by atoms with Crippen LogP contribution < -0.4 is 14.8 Å². The van der Waals surface area contributed by atoms with E-state index in [2.05, 4.69) is 10.0 Å². The monoisotopic (exact) mass is 538 g/mol. The second-order valence-electron chi connectivity index (χ2n) is 7.65. The van der Waals surface area contributed by atoms with Crippen LogP contribution in [0.15, 0.2) is 118 Å². The third-order valence-electron chi connectivity index (χ3n) is 5.01. The van der Waals surface area contributed by atoms with Gasteiger partial charge in [0.05, 0.1) is 15.6 Å². The number of halogens is 1. The maximum absolute atomic E-state index is 12.6. The van der Waals surface area contributed by atoms with Gasteiger partial charge in [-0.05, 0) is 48.0 Å². The number of benzene rings is 4. The van der Waals surface area contributed by atoms with Crippen molar-refractivity contribution < 1.29 is 17.9 Å². The van der Waals surface area contributed by atoms with E-state index < -0.39 is 10.0 Å². The first-order valence-corrected chi connectivity index (χ1v) is 13.7. The SMILES string of the molecule is O=C(COc1ccc(S(=O)(=O)NCc2ccccc2)cc1Cl)Nc1ccccc1Sc1ccccc1. The summed E-state index contributed by atoms with van der Waals surface area (Å²) in [5.41, 5.74) is 1.50. The number of hydrogen-bond acceptors (Lipinski definition) is 5. The molecule has 4 aromatic carbocycles. The number of carbonyl (C=O) groups excluding carboxylic acids is 1. The molecule has 0 bridgehead atoms. The lowest BCUT2D eigenvalue weighted by atomic mass is 10.2. The van der Waals surface area contributed by atoms with Gasteiger partial charge in [0, 0.05) is 16.3 Å². The molecule has 184 valence electrons. The average molecular weight is 539 g/mol. The van der Waals surface area contributed by atoms with Crippen LogP contribution in [0, 0.1) is 0 Å². The van der Waals surface area contributed by atoms with Gasteiger partial charge in [-0.3, -0.25) is 4.79 Å². The first-order chi connectivity index (χ1) is 17.4. The van der Waals surface area contributed by atoms with Gasteiger partial charge in [-0.1, -0.05) is 84.0 Å². The minimum atomic E-state index is -3.77. The first-order valence-electron chi connectivity index (χ1n) is 11.0. The van der Waals surface area contributed by atoms with Crippen molar-refractivity contribution in [2.75, 3.05) is 11.9 Å². The summed E-state index contributed by atoms with van der Waals surface area (Å²) in [6, 6.07) is 30.7. The van der Waals surface area contributed by atoms with Gasteiger partial charge in [-0.25, -0.2) is 13.1 Å². The fourth-order valence-corrected chi connectivity index (χ4v) is 5.49. The van der Waals surface area contributed by atoms with Crippen LogP contribution in [0.5, 0.6) is 5.75 Å². The van der Waals surface area contributed by atoms with Crippen LogP contribution in [0.4, 0.5) is 5.69 Å².